The van der Waals surface area contributed by atoms with Crippen molar-refractivity contribution >= 4 is 23.6 Å². The fraction of sp³-hybridized carbons (Fsp3) is 0.239. The van der Waals surface area contributed by atoms with Gasteiger partial charge in [-0.1, -0.05) is 139 Å². The number of carboxylic acids is 1. The molecule has 3 N–H and O–H groups in total. The minimum absolute atomic E-state index is 0.0248. The highest BCUT2D eigenvalue weighted by molar-refractivity contribution is 7.99. The van der Waals surface area contributed by atoms with Crippen LogP contribution in [0.15, 0.2) is 143 Å². The first-order valence-corrected chi connectivity index (χ1v) is 19.8. The first kappa shape index (κ1) is 38.7. The van der Waals surface area contributed by atoms with E-state index in [1.165, 1.54) is 11.8 Å². The fourth-order valence-corrected chi connectivity index (χ4v) is 7.51. The largest absolute Gasteiger partial charge is 0.481 e. The monoisotopic (exact) mass is 768 g/mol. The summed E-state index contributed by atoms with van der Waals surface area (Å²) in [6, 6.07) is 44.1. The summed E-state index contributed by atoms with van der Waals surface area (Å²) in [4.78, 5) is 28.0. The van der Waals surface area contributed by atoms with Crippen LogP contribution < -0.4 is 5.32 Å². The lowest BCUT2D eigenvalue weighted by atomic mass is 9.99. The van der Waals surface area contributed by atoms with Crippen molar-refractivity contribution in [2.24, 2.45) is 0 Å². The predicted molar refractivity (Wildman–Crippen MR) is 216 cm³/mol. The molecular formula is C46H44N2O7S. The van der Waals surface area contributed by atoms with Gasteiger partial charge >= 0.3 is 5.97 Å². The first-order chi connectivity index (χ1) is 27.4. The minimum Gasteiger partial charge on any atom is -0.481 e. The van der Waals surface area contributed by atoms with Gasteiger partial charge < -0.3 is 29.4 Å². The second-order valence-electron chi connectivity index (χ2n) is 13.8. The number of rotatable bonds is 16. The van der Waals surface area contributed by atoms with Gasteiger partial charge in [-0.15, -0.1) is 0 Å². The van der Waals surface area contributed by atoms with Gasteiger partial charge in [0, 0.05) is 48.3 Å². The predicted octanol–water partition coefficient (Wildman–Crippen LogP) is 9.77. The second kappa shape index (κ2) is 18.9. The number of unbranched alkanes of at least 4 members (excludes halogenated alkanes) is 1. The molecule has 0 aliphatic carbocycles. The van der Waals surface area contributed by atoms with Crippen molar-refractivity contribution in [1.29, 1.82) is 0 Å². The summed E-state index contributed by atoms with van der Waals surface area (Å²) < 4.78 is 19.7. The summed E-state index contributed by atoms with van der Waals surface area (Å²) in [5.41, 5.74) is 8.49. The third kappa shape index (κ3) is 10.2. The van der Waals surface area contributed by atoms with E-state index >= 15 is 0 Å². The molecule has 6 aromatic rings. The summed E-state index contributed by atoms with van der Waals surface area (Å²) in [5.74, 6) is 0.387. The molecule has 3 atom stereocenters. The molecule has 1 amide bonds. The zero-order chi connectivity index (χ0) is 38.7. The first-order valence-electron chi connectivity index (χ1n) is 18.8. The molecule has 7 rings (SSSR count). The van der Waals surface area contributed by atoms with Crippen LogP contribution in [0.1, 0.15) is 66.8 Å². The Kier molecular flexibility index (Phi) is 13.1. The molecular weight excluding hydrogens is 725 g/mol. The van der Waals surface area contributed by atoms with Crippen LogP contribution in [-0.4, -0.2) is 38.9 Å². The van der Waals surface area contributed by atoms with E-state index in [1.807, 2.05) is 115 Å². The van der Waals surface area contributed by atoms with Crippen LogP contribution in [0.2, 0.25) is 0 Å². The second-order valence-corrected chi connectivity index (χ2v) is 14.7. The molecule has 1 fully saturated rings. The van der Waals surface area contributed by atoms with Gasteiger partial charge in [0.15, 0.2) is 12.1 Å². The molecule has 0 spiro atoms. The number of oxazole rings is 1. The number of ether oxygens (including phenoxy) is 2. The van der Waals surface area contributed by atoms with E-state index in [1.54, 1.807) is 0 Å². The number of nitrogens with one attached hydrogen (secondary N) is 1. The van der Waals surface area contributed by atoms with Gasteiger partial charge in [-0.2, -0.15) is 0 Å². The maximum Gasteiger partial charge on any atom is 0.303 e. The molecule has 10 heteroatoms. The number of benzene rings is 5. The van der Waals surface area contributed by atoms with Crippen molar-refractivity contribution in [2.45, 2.75) is 69.0 Å². The Bertz CT molecular complexity index is 2130. The number of aromatic nitrogens is 1. The Morgan fingerprint density at radius 3 is 2.11 bits per heavy atom. The number of aliphatic hydroxyl groups excluding tert-OH is 1. The highest BCUT2D eigenvalue weighted by Gasteiger charge is 2.33. The minimum atomic E-state index is -0.846. The molecule has 9 nitrogen and oxygen atoms in total. The Hall–Kier alpha value is -5.52. The number of hydrogen-bond donors (Lipinski definition) is 3. The van der Waals surface area contributed by atoms with Crippen LogP contribution >= 0.6 is 11.8 Å². The summed E-state index contributed by atoms with van der Waals surface area (Å²) in [6.07, 6.45) is 0.994. The van der Waals surface area contributed by atoms with Crippen molar-refractivity contribution in [1.82, 2.24) is 10.3 Å². The quantitative estimate of drug-likeness (QED) is 0.0651. The molecule has 2 heterocycles. The van der Waals surface area contributed by atoms with E-state index in [0.29, 0.717) is 43.2 Å². The molecule has 0 unspecified atom stereocenters. The molecule has 0 saturated carbocycles. The average molecular weight is 769 g/mol. The number of carbonyl (C=O) groups is 2. The van der Waals surface area contributed by atoms with Gasteiger partial charge in [0.1, 0.15) is 5.69 Å². The number of thioether (sulfide) groups is 1. The summed E-state index contributed by atoms with van der Waals surface area (Å²) in [7, 11) is 0. The van der Waals surface area contributed by atoms with Crippen LogP contribution in [0.25, 0.3) is 33.7 Å². The highest BCUT2D eigenvalue weighted by atomic mass is 32.2. The van der Waals surface area contributed by atoms with Crippen LogP contribution in [-0.2, 0) is 32.2 Å². The number of hydrogen-bond acceptors (Lipinski definition) is 8. The molecule has 5 aromatic carbocycles. The van der Waals surface area contributed by atoms with Gasteiger partial charge in [0.05, 0.1) is 18.8 Å². The topological polar surface area (TPSA) is 131 Å². The SMILES string of the molecule is O=C(O)CCCCC(=O)NCc1cccc(-c2ccc([C@H]3O[C@@H](CSc4nc(-c5ccccc5)c(-c5ccccc5)o4)C[C@@H](c4ccc(CO)cc4)O3)cc2)c1. The molecule has 1 saturated heterocycles. The smallest absolute Gasteiger partial charge is 0.303 e. The molecule has 0 radical (unpaired) electrons. The van der Waals surface area contributed by atoms with E-state index in [4.69, 9.17) is 24.0 Å². The number of carbonyl (C=O) groups excluding carboxylic acids is 1. The molecule has 56 heavy (non-hydrogen) atoms. The van der Waals surface area contributed by atoms with Crippen molar-refractivity contribution in [3.05, 3.63) is 156 Å². The number of aliphatic carboxylic acids is 1. The molecule has 0 bridgehead atoms. The normalized spacial score (nSPS) is 16.7. The average Bonchev–Trinajstić information content (AvgIpc) is 3.69. The third-order valence-electron chi connectivity index (χ3n) is 9.68. The van der Waals surface area contributed by atoms with Crippen LogP contribution in [0, 0.1) is 0 Å². The Labute approximate surface area is 330 Å². The van der Waals surface area contributed by atoms with Gasteiger partial charge in [-0.3, -0.25) is 9.59 Å². The van der Waals surface area contributed by atoms with Gasteiger partial charge in [-0.05, 0) is 46.7 Å². The van der Waals surface area contributed by atoms with Gasteiger partial charge in [0.2, 0.25) is 5.91 Å². The summed E-state index contributed by atoms with van der Waals surface area (Å²) in [5, 5.41) is 22.0. The number of carboxylic acid groups (broad SMARTS) is 1. The highest BCUT2D eigenvalue weighted by Crippen LogP contribution is 2.41. The van der Waals surface area contributed by atoms with Crippen LogP contribution in [0.3, 0.4) is 0 Å². The molecule has 1 aliphatic heterocycles. The van der Waals surface area contributed by atoms with E-state index in [9.17, 15) is 14.7 Å². The number of nitrogens with zero attached hydrogens (tertiary/aromatic N) is 1. The molecule has 1 aromatic heterocycles. The maximum atomic E-state index is 12.3. The van der Waals surface area contributed by atoms with Gasteiger partial charge in [-0.25, -0.2) is 4.98 Å². The standard InChI is InChI=1S/C46H44N2O7S/c49-29-31-18-20-34(21-19-31)40-27-39(30-56-46-48-43(35-11-3-1-4-12-35)44(55-46)36-13-5-2-6-14-36)53-45(54-40)37-24-22-33(23-25-37)38-15-9-10-32(26-38)28-47-41(50)16-7-8-17-42(51)52/h1-6,9-15,18-26,39-40,45,49H,7-8,16-17,27-30H2,(H,47,50)(H,51,52)/t39-,40+,45+/m1/s1. The Balaban J connectivity index is 1.05. The van der Waals surface area contributed by atoms with Crippen molar-refractivity contribution in [3.8, 4) is 33.7 Å². The number of amides is 1. The zero-order valence-corrected chi connectivity index (χ0v) is 31.7. The lowest BCUT2D eigenvalue weighted by Gasteiger charge is -2.36. The Morgan fingerprint density at radius 2 is 1.39 bits per heavy atom. The van der Waals surface area contributed by atoms with Crippen molar-refractivity contribution in [2.75, 3.05) is 5.75 Å². The zero-order valence-electron chi connectivity index (χ0n) is 30.9. The van der Waals surface area contributed by atoms with E-state index in [-0.39, 0.29) is 31.1 Å². The Morgan fingerprint density at radius 1 is 0.714 bits per heavy atom. The fourth-order valence-electron chi connectivity index (χ4n) is 6.67. The number of aliphatic hydroxyl groups is 1. The van der Waals surface area contributed by atoms with Crippen molar-refractivity contribution < 1.29 is 33.7 Å². The van der Waals surface area contributed by atoms with E-state index in [2.05, 4.69) is 23.5 Å². The maximum absolute atomic E-state index is 12.3. The van der Waals surface area contributed by atoms with E-state index in [0.717, 1.165) is 56.0 Å². The third-order valence-corrected chi connectivity index (χ3v) is 10.6. The van der Waals surface area contributed by atoms with Crippen molar-refractivity contribution in [3.63, 3.8) is 0 Å². The lowest BCUT2D eigenvalue weighted by Crippen LogP contribution is -2.31. The van der Waals surface area contributed by atoms with Gasteiger partial charge in [0.25, 0.3) is 5.22 Å². The molecule has 1 aliphatic rings. The molecule has 286 valence electrons. The lowest BCUT2D eigenvalue weighted by molar-refractivity contribution is -0.245. The van der Waals surface area contributed by atoms with E-state index < -0.39 is 12.3 Å². The summed E-state index contributed by atoms with van der Waals surface area (Å²) in [6.45, 7) is 0.366. The summed E-state index contributed by atoms with van der Waals surface area (Å²) >= 11 is 1.53. The van der Waals surface area contributed by atoms with Crippen LogP contribution in [0.4, 0.5) is 0 Å². The van der Waals surface area contributed by atoms with Crippen LogP contribution in [0.5, 0.6) is 0 Å².